The number of nitrogens with zero attached hydrogens (tertiary/aromatic N) is 1. The van der Waals surface area contributed by atoms with Crippen molar-refractivity contribution in [2.24, 2.45) is 0 Å². The zero-order valence-corrected chi connectivity index (χ0v) is 18.6. The molecule has 0 aliphatic heterocycles. The molecular weight excluding hydrogens is 428 g/mol. The molecule has 32 heavy (non-hydrogen) atoms. The van der Waals surface area contributed by atoms with Crippen LogP contribution in [0.25, 0.3) is 0 Å². The summed E-state index contributed by atoms with van der Waals surface area (Å²) < 4.78 is 32.6. The third-order valence-corrected chi connectivity index (χ3v) is 6.46. The number of para-hydroxylation sites is 1. The van der Waals surface area contributed by atoms with Crippen molar-refractivity contribution >= 4 is 33.3 Å². The molecule has 0 aliphatic rings. The van der Waals surface area contributed by atoms with Crippen molar-refractivity contribution in [1.29, 1.82) is 0 Å². The highest BCUT2D eigenvalue weighted by Crippen LogP contribution is 2.24. The lowest BCUT2D eigenvalue weighted by atomic mass is 10.1. The monoisotopic (exact) mass is 452 g/mol. The zero-order valence-electron chi connectivity index (χ0n) is 17.8. The fourth-order valence-electron chi connectivity index (χ4n) is 3.09. The average Bonchev–Trinajstić information content (AvgIpc) is 2.80. The SMILES string of the molecule is CCOC(=O)c1ccc(NC(=O)CN(c2ccccc2)S(=O)(=O)c2ccccc2)c(C)c1. The van der Waals surface area contributed by atoms with Crippen LogP contribution in [0.3, 0.4) is 0 Å². The molecule has 7 nitrogen and oxygen atoms in total. The summed E-state index contributed by atoms with van der Waals surface area (Å²) in [5, 5.41) is 2.73. The van der Waals surface area contributed by atoms with E-state index in [1.54, 1.807) is 80.6 Å². The molecule has 166 valence electrons. The maximum absolute atomic E-state index is 13.3. The van der Waals surface area contributed by atoms with Crippen LogP contribution in [-0.4, -0.2) is 33.4 Å². The molecule has 3 rings (SSSR count). The van der Waals surface area contributed by atoms with E-state index < -0.39 is 28.4 Å². The number of nitrogens with one attached hydrogen (secondary N) is 1. The lowest BCUT2D eigenvalue weighted by Gasteiger charge is -2.24. The van der Waals surface area contributed by atoms with E-state index in [2.05, 4.69) is 5.32 Å². The van der Waals surface area contributed by atoms with E-state index in [-0.39, 0.29) is 11.5 Å². The van der Waals surface area contributed by atoms with Crippen LogP contribution in [0, 0.1) is 6.92 Å². The van der Waals surface area contributed by atoms with Crippen molar-refractivity contribution in [2.75, 3.05) is 22.8 Å². The molecule has 0 saturated heterocycles. The van der Waals surface area contributed by atoms with Crippen LogP contribution in [0.2, 0.25) is 0 Å². The van der Waals surface area contributed by atoms with Gasteiger partial charge in [0.15, 0.2) is 0 Å². The molecule has 0 aromatic heterocycles. The van der Waals surface area contributed by atoms with Gasteiger partial charge >= 0.3 is 5.97 Å². The van der Waals surface area contributed by atoms with Gasteiger partial charge in [0, 0.05) is 5.69 Å². The second kappa shape index (κ2) is 10.1. The molecule has 0 spiro atoms. The number of aryl methyl sites for hydroxylation is 1. The Bertz CT molecular complexity index is 1200. The molecule has 0 atom stereocenters. The number of hydrogen-bond donors (Lipinski definition) is 1. The Morgan fingerprint density at radius 1 is 0.938 bits per heavy atom. The van der Waals surface area contributed by atoms with Crippen LogP contribution >= 0.6 is 0 Å². The quantitative estimate of drug-likeness (QED) is 0.522. The predicted molar refractivity (Wildman–Crippen MR) is 123 cm³/mol. The molecule has 3 aromatic rings. The molecule has 0 radical (unpaired) electrons. The van der Waals surface area contributed by atoms with Crippen LogP contribution in [0.5, 0.6) is 0 Å². The number of esters is 1. The van der Waals surface area contributed by atoms with E-state index in [1.165, 1.54) is 12.1 Å². The Kier molecular flexibility index (Phi) is 7.27. The number of carbonyl (C=O) groups excluding carboxylic acids is 2. The van der Waals surface area contributed by atoms with Crippen molar-refractivity contribution in [1.82, 2.24) is 0 Å². The van der Waals surface area contributed by atoms with Gasteiger partial charge in [-0.25, -0.2) is 13.2 Å². The minimum atomic E-state index is -3.96. The predicted octanol–water partition coefficient (Wildman–Crippen LogP) is 4.01. The maximum atomic E-state index is 13.3. The summed E-state index contributed by atoms with van der Waals surface area (Å²) in [6.45, 7) is 3.32. The summed E-state index contributed by atoms with van der Waals surface area (Å²) in [6, 6.07) is 21.2. The van der Waals surface area contributed by atoms with Crippen molar-refractivity contribution in [3.8, 4) is 0 Å². The van der Waals surface area contributed by atoms with E-state index in [1.807, 2.05) is 0 Å². The molecule has 0 fully saturated rings. The first kappa shape index (κ1) is 23.0. The topological polar surface area (TPSA) is 92.8 Å². The van der Waals surface area contributed by atoms with Crippen molar-refractivity contribution in [3.05, 3.63) is 90.0 Å². The van der Waals surface area contributed by atoms with Gasteiger partial charge in [0.25, 0.3) is 10.0 Å². The van der Waals surface area contributed by atoms with Gasteiger partial charge in [-0.05, 0) is 61.9 Å². The molecule has 1 amide bonds. The van der Waals surface area contributed by atoms with Gasteiger partial charge in [-0.1, -0.05) is 36.4 Å². The fourth-order valence-corrected chi connectivity index (χ4v) is 4.54. The molecule has 3 aromatic carbocycles. The van der Waals surface area contributed by atoms with E-state index in [4.69, 9.17) is 4.74 Å². The Hall–Kier alpha value is -3.65. The normalized spacial score (nSPS) is 10.9. The Morgan fingerprint density at radius 3 is 2.16 bits per heavy atom. The molecule has 0 heterocycles. The second-order valence-corrected chi connectivity index (χ2v) is 8.82. The number of ether oxygens (including phenoxy) is 1. The van der Waals surface area contributed by atoms with Gasteiger partial charge in [-0.3, -0.25) is 9.10 Å². The molecule has 8 heteroatoms. The van der Waals surface area contributed by atoms with Crippen LogP contribution in [0.1, 0.15) is 22.8 Å². The van der Waals surface area contributed by atoms with E-state index in [9.17, 15) is 18.0 Å². The Morgan fingerprint density at radius 2 is 1.56 bits per heavy atom. The highest BCUT2D eigenvalue weighted by molar-refractivity contribution is 7.92. The fraction of sp³-hybridized carbons (Fsp3) is 0.167. The molecule has 0 saturated carbocycles. The van der Waals surface area contributed by atoms with Gasteiger partial charge in [0.2, 0.25) is 5.91 Å². The summed E-state index contributed by atoms with van der Waals surface area (Å²) in [4.78, 5) is 24.8. The van der Waals surface area contributed by atoms with Gasteiger partial charge < -0.3 is 10.1 Å². The maximum Gasteiger partial charge on any atom is 0.338 e. The Balaban J connectivity index is 1.85. The number of hydrogen-bond acceptors (Lipinski definition) is 5. The highest BCUT2D eigenvalue weighted by atomic mass is 32.2. The molecule has 0 aliphatic carbocycles. The van der Waals surface area contributed by atoms with Crippen molar-refractivity contribution < 1.29 is 22.7 Å². The molecule has 0 unspecified atom stereocenters. The average molecular weight is 453 g/mol. The van der Waals surface area contributed by atoms with Crippen molar-refractivity contribution in [2.45, 2.75) is 18.7 Å². The van der Waals surface area contributed by atoms with Crippen LogP contribution in [0.4, 0.5) is 11.4 Å². The molecule has 1 N–H and O–H groups in total. The number of rotatable bonds is 8. The summed E-state index contributed by atoms with van der Waals surface area (Å²) in [5.74, 6) is -0.960. The second-order valence-electron chi connectivity index (χ2n) is 6.96. The summed E-state index contributed by atoms with van der Waals surface area (Å²) in [5.41, 5.74) is 1.88. The molecule has 0 bridgehead atoms. The first-order chi connectivity index (χ1) is 15.3. The van der Waals surface area contributed by atoms with E-state index >= 15 is 0 Å². The van der Waals surface area contributed by atoms with Crippen LogP contribution in [0.15, 0.2) is 83.8 Å². The zero-order chi connectivity index (χ0) is 23.1. The number of benzene rings is 3. The summed E-state index contributed by atoms with van der Waals surface area (Å²) in [6.07, 6.45) is 0. The number of sulfonamides is 1. The number of carbonyl (C=O) groups is 2. The van der Waals surface area contributed by atoms with Gasteiger partial charge in [0.05, 0.1) is 22.8 Å². The van der Waals surface area contributed by atoms with Gasteiger partial charge in [-0.2, -0.15) is 0 Å². The van der Waals surface area contributed by atoms with Gasteiger partial charge in [0.1, 0.15) is 6.54 Å². The summed E-state index contributed by atoms with van der Waals surface area (Å²) in [7, 11) is -3.96. The van der Waals surface area contributed by atoms with E-state index in [0.717, 1.165) is 4.31 Å². The first-order valence-electron chi connectivity index (χ1n) is 10.0. The third-order valence-electron chi connectivity index (χ3n) is 4.67. The minimum absolute atomic E-state index is 0.0895. The number of anilines is 2. The largest absolute Gasteiger partial charge is 0.462 e. The van der Waals surface area contributed by atoms with Crippen LogP contribution < -0.4 is 9.62 Å². The summed E-state index contributed by atoms with van der Waals surface area (Å²) >= 11 is 0. The minimum Gasteiger partial charge on any atom is -0.462 e. The van der Waals surface area contributed by atoms with Crippen LogP contribution in [-0.2, 0) is 19.6 Å². The lowest BCUT2D eigenvalue weighted by Crippen LogP contribution is -2.38. The third kappa shape index (κ3) is 5.33. The highest BCUT2D eigenvalue weighted by Gasteiger charge is 2.27. The first-order valence-corrected chi connectivity index (χ1v) is 11.5. The smallest absolute Gasteiger partial charge is 0.338 e. The van der Waals surface area contributed by atoms with Gasteiger partial charge in [-0.15, -0.1) is 0 Å². The standard InChI is InChI=1S/C24H24N2O5S/c1-3-31-24(28)19-14-15-22(18(2)16-19)25-23(27)17-26(20-10-6-4-7-11-20)32(29,30)21-12-8-5-9-13-21/h4-16H,3,17H2,1-2H3,(H,25,27). The van der Waals surface area contributed by atoms with Crippen molar-refractivity contribution in [3.63, 3.8) is 0 Å². The Labute approximate surface area is 187 Å². The molecular formula is C24H24N2O5S. The number of amides is 1. The van der Waals surface area contributed by atoms with E-state index in [0.29, 0.717) is 22.5 Å². The lowest BCUT2D eigenvalue weighted by molar-refractivity contribution is -0.114.